The van der Waals surface area contributed by atoms with Crippen molar-refractivity contribution >= 4 is 0 Å². The molecule has 0 spiro atoms. The third-order valence-electron chi connectivity index (χ3n) is 1.72. The molecule has 0 aliphatic heterocycles. The summed E-state index contributed by atoms with van der Waals surface area (Å²) in [6, 6.07) is 0. The number of alkyl halides is 3. The lowest BCUT2D eigenvalue weighted by atomic mass is 10.2. The molecule has 5 heteroatoms. The number of halogens is 3. The maximum absolute atomic E-state index is 11.5. The molecule has 0 radical (unpaired) electrons. The van der Waals surface area contributed by atoms with Gasteiger partial charge >= 0.3 is 6.18 Å². The number of aliphatic hydroxyl groups is 1. The zero-order chi connectivity index (χ0) is 9.19. The van der Waals surface area contributed by atoms with Crippen LogP contribution in [0, 0.1) is 5.92 Å². The Balaban J connectivity index is 2.01. The largest absolute Gasteiger partial charge is 0.411 e. The van der Waals surface area contributed by atoms with Crippen LogP contribution in [0.5, 0.6) is 0 Å². The van der Waals surface area contributed by atoms with Crippen LogP contribution in [0.25, 0.3) is 0 Å². The molecule has 1 unspecified atom stereocenters. The second-order valence-corrected chi connectivity index (χ2v) is 3.04. The van der Waals surface area contributed by atoms with Gasteiger partial charge in [0, 0.05) is 0 Å². The first kappa shape index (κ1) is 9.80. The Morgan fingerprint density at radius 1 is 1.42 bits per heavy atom. The number of aliphatic hydroxyl groups excluding tert-OH is 1. The fourth-order valence-corrected chi connectivity index (χ4v) is 0.912. The van der Waals surface area contributed by atoms with Crippen molar-refractivity contribution in [1.29, 1.82) is 0 Å². The second kappa shape index (κ2) is 3.62. The van der Waals surface area contributed by atoms with Crippen molar-refractivity contribution < 1.29 is 23.0 Å². The van der Waals surface area contributed by atoms with Gasteiger partial charge < -0.3 is 9.84 Å². The molecule has 1 aliphatic carbocycles. The molecule has 12 heavy (non-hydrogen) atoms. The molecule has 1 rings (SSSR count). The van der Waals surface area contributed by atoms with E-state index < -0.39 is 18.9 Å². The van der Waals surface area contributed by atoms with Gasteiger partial charge in [-0.2, -0.15) is 13.2 Å². The third-order valence-corrected chi connectivity index (χ3v) is 1.72. The molecule has 1 saturated carbocycles. The van der Waals surface area contributed by atoms with Crippen LogP contribution in [0.4, 0.5) is 13.2 Å². The first-order valence-corrected chi connectivity index (χ1v) is 3.81. The second-order valence-electron chi connectivity index (χ2n) is 3.04. The minimum atomic E-state index is -4.29. The molecule has 0 aromatic heterocycles. The minimum Gasteiger partial charge on any atom is -0.390 e. The molecular formula is C7H11F3O2. The van der Waals surface area contributed by atoms with Gasteiger partial charge in [-0.05, 0) is 18.8 Å². The predicted molar refractivity (Wildman–Crippen MR) is 35.6 cm³/mol. The van der Waals surface area contributed by atoms with Gasteiger partial charge in [0.05, 0.1) is 12.7 Å². The van der Waals surface area contributed by atoms with E-state index in [1.807, 2.05) is 0 Å². The lowest BCUT2D eigenvalue weighted by molar-refractivity contribution is -0.179. The summed E-state index contributed by atoms with van der Waals surface area (Å²) in [5.74, 6) is 0.165. The fraction of sp³-hybridized carbons (Fsp3) is 1.00. The van der Waals surface area contributed by atoms with Crippen LogP contribution in [0.3, 0.4) is 0 Å². The summed E-state index contributed by atoms with van der Waals surface area (Å²) in [5.41, 5.74) is 0. The Hall–Kier alpha value is -0.290. The molecule has 0 aromatic carbocycles. The molecule has 0 aromatic rings. The molecule has 1 atom stereocenters. The van der Waals surface area contributed by atoms with E-state index in [2.05, 4.69) is 4.74 Å². The summed E-state index contributed by atoms with van der Waals surface area (Å²) in [6.07, 6.45) is -3.21. The molecule has 0 heterocycles. The summed E-state index contributed by atoms with van der Waals surface area (Å²) in [6.45, 7) is -1.47. The quantitative estimate of drug-likeness (QED) is 0.714. The van der Waals surface area contributed by atoms with E-state index >= 15 is 0 Å². The molecule has 0 bridgehead atoms. The molecule has 2 nitrogen and oxygen atoms in total. The summed E-state index contributed by atoms with van der Waals surface area (Å²) >= 11 is 0. The Morgan fingerprint density at radius 3 is 2.42 bits per heavy atom. The number of hydrogen-bond donors (Lipinski definition) is 1. The van der Waals surface area contributed by atoms with Crippen LogP contribution in [0.15, 0.2) is 0 Å². The van der Waals surface area contributed by atoms with Crippen LogP contribution >= 0.6 is 0 Å². The molecule has 0 amide bonds. The van der Waals surface area contributed by atoms with E-state index in [0.29, 0.717) is 0 Å². The Bertz CT molecular complexity index is 142. The van der Waals surface area contributed by atoms with Crippen LogP contribution in [0.1, 0.15) is 12.8 Å². The number of hydrogen-bond acceptors (Lipinski definition) is 2. The van der Waals surface area contributed by atoms with Crippen molar-refractivity contribution in [3.63, 3.8) is 0 Å². The molecule has 0 saturated heterocycles. The topological polar surface area (TPSA) is 29.5 Å². The van der Waals surface area contributed by atoms with E-state index in [9.17, 15) is 13.2 Å². The molecule has 1 N–H and O–H groups in total. The third kappa shape index (κ3) is 3.92. The van der Waals surface area contributed by atoms with Crippen molar-refractivity contribution in [3.8, 4) is 0 Å². The van der Waals surface area contributed by atoms with Gasteiger partial charge in [0.25, 0.3) is 0 Å². The van der Waals surface area contributed by atoms with Crippen LogP contribution < -0.4 is 0 Å². The van der Waals surface area contributed by atoms with Crippen molar-refractivity contribution in [2.45, 2.75) is 25.1 Å². The summed E-state index contributed by atoms with van der Waals surface area (Å²) < 4.78 is 38.8. The van der Waals surface area contributed by atoms with Gasteiger partial charge in [0.2, 0.25) is 0 Å². The monoisotopic (exact) mass is 184 g/mol. The smallest absolute Gasteiger partial charge is 0.390 e. The van der Waals surface area contributed by atoms with E-state index in [4.69, 9.17) is 5.11 Å². The maximum Gasteiger partial charge on any atom is 0.411 e. The molecule has 1 aliphatic rings. The summed E-state index contributed by atoms with van der Waals surface area (Å²) in [4.78, 5) is 0. The van der Waals surface area contributed by atoms with Crippen molar-refractivity contribution in [2.24, 2.45) is 5.92 Å². The SMILES string of the molecule is OC(COCC(F)(F)F)C1CC1. The predicted octanol–water partition coefficient (Wildman–Crippen LogP) is 1.34. The summed E-state index contributed by atoms with van der Waals surface area (Å²) in [5, 5.41) is 9.09. The lowest BCUT2D eigenvalue weighted by Crippen LogP contribution is -2.23. The normalized spacial score (nSPS) is 21.0. The Labute approximate surface area is 68.3 Å². The lowest BCUT2D eigenvalue weighted by Gasteiger charge is -2.11. The molecule has 1 fully saturated rings. The van der Waals surface area contributed by atoms with Gasteiger partial charge in [-0.25, -0.2) is 0 Å². The van der Waals surface area contributed by atoms with Gasteiger partial charge in [0.15, 0.2) is 0 Å². The van der Waals surface area contributed by atoms with Gasteiger partial charge in [-0.15, -0.1) is 0 Å². The van der Waals surface area contributed by atoms with Crippen molar-refractivity contribution in [1.82, 2.24) is 0 Å². The highest BCUT2D eigenvalue weighted by Gasteiger charge is 2.32. The van der Waals surface area contributed by atoms with E-state index in [1.165, 1.54) is 0 Å². The van der Waals surface area contributed by atoms with Crippen LogP contribution in [0.2, 0.25) is 0 Å². The Kier molecular flexibility index (Phi) is 2.95. The van der Waals surface area contributed by atoms with E-state index in [0.717, 1.165) is 12.8 Å². The van der Waals surface area contributed by atoms with Crippen molar-refractivity contribution in [3.05, 3.63) is 0 Å². The highest BCUT2D eigenvalue weighted by Crippen LogP contribution is 2.32. The van der Waals surface area contributed by atoms with Crippen LogP contribution in [-0.2, 0) is 4.74 Å². The van der Waals surface area contributed by atoms with E-state index in [1.54, 1.807) is 0 Å². The van der Waals surface area contributed by atoms with E-state index in [-0.39, 0.29) is 12.5 Å². The van der Waals surface area contributed by atoms with Crippen LogP contribution in [-0.4, -0.2) is 30.6 Å². The van der Waals surface area contributed by atoms with Gasteiger partial charge in [-0.3, -0.25) is 0 Å². The first-order valence-electron chi connectivity index (χ1n) is 3.81. The Morgan fingerprint density at radius 2 is 2.00 bits per heavy atom. The van der Waals surface area contributed by atoms with Crippen molar-refractivity contribution in [2.75, 3.05) is 13.2 Å². The summed E-state index contributed by atoms with van der Waals surface area (Å²) in [7, 11) is 0. The maximum atomic E-state index is 11.5. The minimum absolute atomic E-state index is 0.165. The first-order chi connectivity index (χ1) is 5.49. The average Bonchev–Trinajstić information content (AvgIpc) is 2.64. The highest BCUT2D eigenvalue weighted by atomic mass is 19.4. The van der Waals surface area contributed by atoms with Gasteiger partial charge in [0.1, 0.15) is 6.61 Å². The average molecular weight is 184 g/mol. The molecule has 72 valence electrons. The number of ether oxygens (including phenoxy) is 1. The fourth-order valence-electron chi connectivity index (χ4n) is 0.912. The zero-order valence-electron chi connectivity index (χ0n) is 6.47. The number of rotatable bonds is 4. The standard InChI is InChI=1S/C7H11F3O2/c8-7(9,10)4-12-3-6(11)5-1-2-5/h5-6,11H,1-4H2. The van der Waals surface area contributed by atoms with Gasteiger partial charge in [-0.1, -0.05) is 0 Å². The highest BCUT2D eigenvalue weighted by molar-refractivity contribution is 4.80. The molecular weight excluding hydrogens is 173 g/mol. The zero-order valence-corrected chi connectivity index (χ0v) is 6.47.